The lowest BCUT2D eigenvalue weighted by Crippen LogP contribution is -2.12. The van der Waals surface area contributed by atoms with E-state index in [1.165, 1.54) is 24.2 Å². The third kappa shape index (κ3) is 3.48. The number of aromatic nitrogens is 4. The van der Waals surface area contributed by atoms with Gasteiger partial charge in [0.25, 0.3) is 0 Å². The number of carbonyl (C=O) groups is 1. The molecule has 122 valence electrons. The number of rotatable bonds is 6. The number of hydrogen-bond donors (Lipinski definition) is 1. The number of pyridine rings is 1. The van der Waals surface area contributed by atoms with Crippen LogP contribution in [-0.2, 0) is 11.2 Å². The largest absolute Gasteiger partial charge is 0.339 e. The highest BCUT2D eigenvalue weighted by molar-refractivity contribution is 7.13. The molecule has 1 aliphatic carbocycles. The van der Waals surface area contributed by atoms with Crippen LogP contribution >= 0.6 is 11.3 Å². The zero-order valence-electron chi connectivity index (χ0n) is 12.8. The molecule has 4 rings (SSSR count). The van der Waals surface area contributed by atoms with Crippen LogP contribution < -0.4 is 5.32 Å². The van der Waals surface area contributed by atoms with Crippen molar-refractivity contribution in [3.8, 4) is 11.4 Å². The summed E-state index contributed by atoms with van der Waals surface area (Å²) < 4.78 is 5.19. The number of thiazole rings is 1. The van der Waals surface area contributed by atoms with E-state index in [4.69, 9.17) is 4.52 Å². The second kappa shape index (κ2) is 6.48. The van der Waals surface area contributed by atoms with Gasteiger partial charge in [0.15, 0.2) is 5.13 Å². The Morgan fingerprint density at radius 1 is 1.29 bits per heavy atom. The smallest absolute Gasteiger partial charge is 0.227 e. The van der Waals surface area contributed by atoms with Gasteiger partial charge in [-0.05, 0) is 25.0 Å². The fourth-order valence-electron chi connectivity index (χ4n) is 2.29. The predicted molar refractivity (Wildman–Crippen MR) is 88.6 cm³/mol. The lowest BCUT2D eigenvalue weighted by Gasteiger charge is -1.99. The minimum absolute atomic E-state index is 0.102. The van der Waals surface area contributed by atoms with Crippen LogP contribution in [0.2, 0.25) is 0 Å². The summed E-state index contributed by atoms with van der Waals surface area (Å²) in [6.45, 7) is 0. The van der Waals surface area contributed by atoms with E-state index in [9.17, 15) is 4.79 Å². The van der Waals surface area contributed by atoms with Crippen LogP contribution in [0.3, 0.4) is 0 Å². The lowest BCUT2D eigenvalue weighted by atomic mass is 10.2. The average molecular weight is 341 g/mol. The fraction of sp³-hybridized carbons (Fsp3) is 0.312. The van der Waals surface area contributed by atoms with Crippen molar-refractivity contribution >= 4 is 22.4 Å². The predicted octanol–water partition coefficient (Wildman–Crippen LogP) is 3.04. The number of nitrogens with one attached hydrogen (secondary N) is 1. The lowest BCUT2D eigenvalue weighted by molar-refractivity contribution is -0.116. The molecule has 3 heterocycles. The Labute approximate surface area is 142 Å². The van der Waals surface area contributed by atoms with Crippen molar-refractivity contribution < 1.29 is 9.32 Å². The zero-order valence-corrected chi connectivity index (χ0v) is 13.6. The third-order valence-electron chi connectivity index (χ3n) is 3.74. The average Bonchev–Trinajstić information content (AvgIpc) is 3.17. The van der Waals surface area contributed by atoms with Gasteiger partial charge in [-0.25, -0.2) is 4.98 Å². The molecular formula is C16H15N5O2S. The van der Waals surface area contributed by atoms with Crippen LogP contribution in [-0.4, -0.2) is 26.0 Å². The van der Waals surface area contributed by atoms with Gasteiger partial charge < -0.3 is 9.84 Å². The van der Waals surface area contributed by atoms with Crippen molar-refractivity contribution in [2.45, 2.75) is 31.6 Å². The van der Waals surface area contributed by atoms with E-state index in [2.05, 4.69) is 25.4 Å². The summed E-state index contributed by atoms with van der Waals surface area (Å²) in [4.78, 5) is 24.7. The molecule has 0 unspecified atom stereocenters. The molecule has 0 bridgehead atoms. The molecule has 0 spiro atoms. The molecule has 0 aromatic carbocycles. The zero-order chi connectivity index (χ0) is 16.4. The number of aryl methyl sites for hydroxylation is 1. The Morgan fingerprint density at radius 2 is 2.12 bits per heavy atom. The van der Waals surface area contributed by atoms with Crippen molar-refractivity contribution in [3.63, 3.8) is 0 Å². The van der Waals surface area contributed by atoms with E-state index < -0.39 is 0 Å². The molecule has 7 nitrogen and oxygen atoms in total. The Kier molecular flexibility index (Phi) is 4.04. The minimum atomic E-state index is -0.102. The van der Waals surface area contributed by atoms with Gasteiger partial charge in [0.1, 0.15) is 0 Å². The van der Waals surface area contributed by atoms with Crippen molar-refractivity contribution in [2.24, 2.45) is 0 Å². The molecule has 3 aromatic rings. The molecule has 1 aliphatic rings. The van der Waals surface area contributed by atoms with Gasteiger partial charge in [-0.2, -0.15) is 4.98 Å². The van der Waals surface area contributed by atoms with Crippen LogP contribution in [0.5, 0.6) is 0 Å². The van der Waals surface area contributed by atoms with Crippen molar-refractivity contribution in [1.82, 2.24) is 20.1 Å². The summed E-state index contributed by atoms with van der Waals surface area (Å²) >= 11 is 1.47. The molecular weight excluding hydrogens is 326 g/mol. The third-order valence-corrected chi connectivity index (χ3v) is 4.51. The summed E-state index contributed by atoms with van der Waals surface area (Å²) in [5.74, 6) is 1.43. The summed E-state index contributed by atoms with van der Waals surface area (Å²) in [5.41, 5.74) is 1.93. The number of hydrogen-bond acceptors (Lipinski definition) is 7. The molecule has 1 saturated carbocycles. The van der Waals surface area contributed by atoms with Gasteiger partial charge in [-0.1, -0.05) is 5.16 Å². The molecule has 1 N–H and O–H groups in total. The highest BCUT2D eigenvalue weighted by Gasteiger charge is 2.26. The van der Waals surface area contributed by atoms with Gasteiger partial charge in [-0.3, -0.25) is 9.78 Å². The summed E-state index contributed by atoms with van der Waals surface area (Å²) in [5, 5.41) is 9.42. The molecule has 3 aromatic heterocycles. The van der Waals surface area contributed by atoms with Crippen LogP contribution in [0, 0.1) is 0 Å². The number of carbonyl (C=O) groups excluding carboxylic acids is 1. The van der Waals surface area contributed by atoms with Crippen molar-refractivity contribution in [3.05, 3.63) is 41.5 Å². The van der Waals surface area contributed by atoms with Crippen LogP contribution in [0.15, 0.2) is 34.4 Å². The summed E-state index contributed by atoms with van der Waals surface area (Å²) in [6.07, 6.45) is 6.41. The monoisotopic (exact) mass is 341 g/mol. The minimum Gasteiger partial charge on any atom is -0.339 e. The molecule has 0 radical (unpaired) electrons. The van der Waals surface area contributed by atoms with E-state index in [-0.39, 0.29) is 12.3 Å². The van der Waals surface area contributed by atoms with Crippen LogP contribution in [0.25, 0.3) is 11.4 Å². The number of nitrogens with zero attached hydrogens (tertiary/aromatic N) is 4. The maximum absolute atomic E-state index is 12.0. The molecule has 24 heavy (non-hydrogen) atoms. The molecule has 0 saturated heterocycles. The normalized spacial score (nSPS) is 13.8. The highest BCUT2D eigenvalue weighted by Crippen LogP contribution is 2.40. The van der Waals surface area contributed by atoms with E-state index in [1.807, 2.05) is 5.38 Å². The van der Waals surface area contributed by atoms with E-state index in [0.717, 1.165) is 11.3 Å². The van der Waals surface area contributed by atoms with E-state index in [0.29, 0.717) is 29.2 Å². The first-order valence-corrected chi connectivity index (χ1v) is 8.64. The SMILES string of the molecule is O=C(CCc1nc(-c2ccncc2)no1)Nc1nc(C2CC2)cs1. The van der Waals surface area contributed by atoms with Gasteiger partial charge in [0.05, 0.1) is 5.69 Å². The number of anilines is 1. The van der Waals surface area contributed by atoms with Gasteiger partial charge in [0.2, 0.25) is 17.6 Å². The van der Waals surface area contributed by atoms with Crippen LogP contribution in [0.1, 0.15) is 36.8 Å². The topological polar surface area (TPSA) is 93.8 Å². The quantitative estimate of drug-likeness (QED) is 0.740. The fourth-order valence-corrected chi connectivity index (χ4v) is 3.10. The van der Waals surface area contributed by atoms with Crippen molar-refractivity contribution in [1.29, 1.82) is 0 Å². The Balaban J connectivity index is 1.31. The summed E-state index contributed by atoms with van der Waals surface area (Å²) in [6, 6.07) is 3.61. The van der Waals surface area contributed by atoms with Gasteiger partial charge in [0, 0.05) is 42.1 Å². The maximum atomic E-state index is 12.0. The highest BCUT2D eigenvalue weighted by atomic mass is 32.1. The Bertz CT molecular complexity index is 841. The first-order valence-electron chi connectivity index (χ1n) is 7.76. The molecule has 1 amide bonds. The van der Waals surface area contributed by atoms with Crippen LogP contribution in [0.4, 0.5) is 5.13 Å². The second-order valence-electron chi connectivity index (χ2n) is 5.65. The van der Waals surface area contributed by atoms with E-state index in [1.54, 1.807) is 24.5 Å². The maximum Gasteiger partial charge on any atom is 0.227 e. The molecule has 1 fully saturated rings. The number of amides is 1. The Morgan fingerprint density at radius 3 is 2.92 bits per heavy atom. The van der Waals surface area contributed by atoms with Gasteiger partial charge >= 0.3 is 0 Å². The Hall–Kier alpha value is -2.61. The van der Waals surface area contributed by atoms with Gasteiger partial charge in [-0.15, -0.1) is 11.3 Å². The first-order chi connectivity index (χ1) is 11.8. The molecule has 0 aliphatic heterocycles. The molecule has 0 atom stereocenters. The second-order valence-corrected chi connectivity index (χ2v) is 6.51. The first kappa shape index (κ1) is 14.9. The van der Waals surface area contributed by atoms with E-state index >= 15 is 0 Å². The van der Waals surface area contributed by atoms with Crippen molar-refractivity contribution in [2.75, 3.05) is 5.32 Å². The molecule has 8 heteroatoms. The summed E-state index contributed by atoms with van der Waals surface area (Å²) in [7, 11) is 0. The standard InChI is InChI=1S/C16H15N5O2S/c22-13(19-16-18-12(9-24-16)10-1-2-10)3-4-14-20-15(21-23-14)11-5-7-17-8-6-11/h5-10H,1-4H2,(H,18,19,22).